The van der Waals surface area contributed by atoms with Crippen molar-refractivity contribution in [3.05, 3.63) is 24.3 Å². The van der Waals surface area contributed by atoms with E-state index in [1.54, 1.807) is 43.1 Å². The Hall–Kier alpha value is -2.17. The van der Waals surface area contributed by atoms with Gasteiger partial charge in [-0.3, -0.25) is 19.3 Å². The van der Waals surface area contributed by atoms with Gasteiger partial charge in [0.1, 0.15) is 0 Å². The summed E-state index contributed by atoms with van der Waals surface area (Å²) in [5.41, 5.74) is 1.21. The summed E-state index contributed by atoms with van der Waals surface area (Å²) < 4.78 is 0. The maximum Gasteiger partial charge on any atom is 0.237 e. The third-order valence-corrected chi connectivity index (χ3v) is 3.80. The highest BCUT2D eigenvalue weighted by Crippen LogP contribution is 2.29. The van der Waals surface area contributed by atoms with Crippen molar-refractivity contribution >= 4 is 29.1 Å². The van der Waals surface area contributed by atoms with E-state index in [9.17, 15) is 14.4 Å². The van der Waals surface area contributed by atoms with Crippen LogP contribution in [0.25, 0.3) is 0 Å². The molecular weight excluding hydrogens is 280 g/mol. The van der Waals surface area contributed by atoms with E-state index in [1.165, 1.54) is 4.90 Å². The molecule has 1 heterocycles. The van der Waals surface area contributed by atoms with Crippen LogP contribution in [-0.2, 0) is 14.4 Å². The summed E-state index contributed by atoms with van der Waals surface area (Å²) in [6, 6.07) is 6.99. The van der Waals surface area contributed by atoms with E-state index in [0.29, 0.717) is 17.8 Å². The summed E-state index contributed by atoms with van der Waals surface area (Å²) in [6.45, 7) is 5.73. The Kier molecular flexibility index (Phi) is 4.64. The number of nitrogens with zero attached hydrogens (tertiary/aromatic N) is 2. The summed E-state index contributed by atoms with van der Waals surface area (Å²) in [4.78, 5) is 39.0. The molecule has 1 aromatic carbocycles. The molecule has 5 heteroatoms. The lowest BCUT2D eigenvalue weighted by atomic mass is 10.1. The first kappa shape index (κ1) is 16.2. The molecule has 3 amide bonds. The first-order valence-electron chi connectivity index (χ1n) is 7.54. The summed E-state index contributed by atoms with van der Waals surface area (Å²) >= 11 is 0. The Balaban J connectivity index is 2.25. The fraction of sp³-hybridized carbons (Fsp3) is 0.471. The van der Waals surface area contributed by atoms with Crippen molar-refractivity contribution < 1.29 is 14.4 Å². The maximum absolute atomic E-state index is 12.1. The molecule has 5 nitrogen and oxygen atoms in total. The van der Waals surface area contributed by atoms with Gasteiger partial charge in [-0.15, -0.1) is 0 Å². The summed E-state index contributed by atoms with van der Waals surface area (Å²) in [5, 5.41) is 0. The number of anilines is 2. The van der Waals surface area contributed by atoms with Gasteiger partial charge in [0.2, 0.25) is 17.7 Å². The van der Waals surface area contributed by atoms with Crippen LogP contribution in [0, 0.1) is 11.8 Å². The van der Waals surface area contributed by atoms with Gasteiger partial charge in [-0.25, -0.2) is 0 Å². The summed E-state index contributed by atoms with van der Waals surface area (Å²) in [7, 11) is 1.71. The summed E-state index contributed by atoms with van der Waals surface area (Å²) in [6.07, 6.45) is 0.699. The van der Waals surface area contributed by atoms with E-state index >= 15 is 0 Å². The SMILES string of the molecule is CC(C)CC(=O)N(C)c1cccc(N2C(=O)CC(C)C2=O)c1. The zero-order valence-corrected chi connectivity index (χ0v) is 13.5. The molecule has 0 bridgehead atoms. The van der Waals surface area contributed by atoms with E-state index in [4.69, 9.17) is 0 Å². The minimum atomic E-state index is -0.281. The van der Waals surface area contributed by atoms with Crippen LogP contribution in [0.4, 0.5) is 11.4 Å². The number of hydrogen-bond acceptors (Lipinski definition) is 3. The molecule has 1 atom stereocenters. The van der Waals surface area contributed by atoms with Crippen LogP contribution in [0.2, 0.25) is 0 Å². The van der Waals surface area contributed by atoms with Crippen molar-refractivity contribution in [2.24, 2.45) is 11.8 Å². The number of imide groups is 1. The van der Waals surface area contributed by atoms with Gasteiger partial charge in [-0.1, -0.05) is 26.8 Å². The van der Waals surface area contributed by atoms with Crippen LogP contribution in [0.15, 0.2) is 24.3 Å². The fourth-order valence-corrected chi connectivity index (χ4v) is 2.53. The molecule has 1 unspecified atom stereocenters. The normalized spacial score (nSPS) is 18.2. The van der Waals surface area contributed by atoms with Crippen LogP contribution in [0.3, 0.4) is 0 Å². The summed E-state index contributed by atoms with van der Waals surface area (Å²) in [5.74, 6) is -0.360. The zero-order chi connectivity index (χ0) is 16.4. The van der Waals surface area contributed by atoms with Gasteiger partial charge in [-0.2, -0.15) is 0 Å². The van der Waals surface area contributed by atoms with Crippen molar-refractivity contribution in [3.63, 3.8) is 0 Å². The standard InChI is InChI=1S/C17H22N2O3/c1-11(2)8-15(20)18(4)13-6-5-7-14(10-13)19-16(21)9-12(3)17(19)22/h5-7,10-12H,8-9H2,1-4H3. The molecule has 1 aliphatic rings. The maximum atomic E-state index is 12.1. The molecule has 22 heavy (non-hydrogen) atoms. The quantitative estimate of drug-likeness (QED) is 0.803. The van der Waals surface area contributed by atoms with Crippen molar-refractivity contribution in [2.45, 2.75) is 33.6 Å². The highest BCUT2D eigenvalue weighted by molar-refractivity contribution is 6.21. The van der Waals surface area contributed by atoms with Gasteiger partial charge in [0, 0.05) is 31.5 Å². The van der Waals surface area contributed by atoms with E-state index in [0.717, 1.165) is 0 Å². The molecule has 0 aliphatic carbocycles. The van der Waals surface area contributed by atoms with Crippen molar-refractivity contribution in [2.75, 3.05) is 16.8 Å². The second kappa shape index (κ2) is 6.30. The molecule has 1 saturated heterocycles. The average Bonchev–Trinajstić information content (AvgIpc) is 2.70. The third-order valence-electron chi connectivity index (χ3n) is 3.80. The minimum Gasteiger partial charge on any atom is -0.315 e. The van der Waals surface area contributed by atoms with Crippen molar-refractivity contribution in [1.82, 2.24) is 0 Å². The fourth-order valence-electron chi connectivity index (χ4n) is 2.53. The number of carbonyl (C=O) groups excluding carboxylic acids is 3. The monoisotopic (exact) mass is 302 g/mol. The Morgan fingerprint density at radius 1 is 1.36 bits per heavy atom. The molecule has 0 N–H and O–H groups in total. The van der Waals surface area contributed by atoms with Gasteiger partial charge >= 0.3 is 0 Å². The number of hydrogen-bond donors (Lipinski definition) is 0. The number of carbonyl (C=O) groups is 3. The molecule has 1 aliphatic heterocycles. The molecule has 0 spiro atoms. The molecule has 1 fully saturated rings. The van der Waals surface area contributed by atoms with Crippen LogP contribution in [-0.4, -0.2) is 24.8 Å². The zero-order valence-electron chi connectivity index (χ0n) is 13.5. The minimum absolute atomic E-state index is 0.0135. The second-order valence-corrected chi connectivity index (χ2v) is 6.24. The first-order chi connectivity index (χ1) is 10.3. The van der Waals surface area contributed by atoms with Crippen LogP contribution >= 0.6 is 0 Å². The van der Waals surface area contributed by atoms with Crippen LogP contribution < -0.4 is 9.80 Å². The predicted octanol–water partition coefficient (Wildman–Crippen LogP) is 2.59. The number of benzene rings is 1. The van der Waals surface area contributed by atoms with Gasteiger partial charge < -0.3 is 4.90 Å². The molecule has 0 aromatic heterocycles. The number of amides is 3. The second-order valence-electron chi connectivity index (χ2n) is 6.24. The predicted molar refractivity (Wildman–Crippen MR) is 85.6 cm³/mol. The van der Waals surface area contributed by atoms with E-state index in [2.05, 4.69) is 0 Å². The smallest absolute Gasteiger partial charge is 0.237 e. The van der Waals surface area contributed by atoms with Crippen molar-refractivity contribution in [1.29, 1.82) is 0 Å². The van der Waals surface area contributed by atoms with Crippen LogP contribution in [0.5, 0.6) is 0 Å². The molecule has 0 saturated carbocycles. The van der Waals surface area contributed by atoms with E-state index in [-0.39, 0.29) is 36.0 Å². The molecule has 2 rings (SSSR count). The van der Waals surface area contributed by atoms with E-state index in [1.807, 2.05) is 13.8 Å². The van der Waals surface area contributed by atoms with Crippen LogP contribution in [0.1, 0.15) is 33.6 Å². The lowest BCUT2D eigenvalue weighted by Crippen LogP contribution is -2.31. The largest absolute Gasteiger partial charge is 0.315 e. The topological polar surface area (TPSA) is 57.7 Å². The van der Waals surface area contributed by atoms with Gasteiger partial charge in [0.25, 0.3) is 0 Å². The van der Waals surface area contributed by atoms with Gasteiger partial charge in [0.05, 0.1) is 5.69 Å². The molecule has 1 aromatic rings. The first-order valence-corrected chi connectivity index (χ1v) is 7.54. The highest BCUT2D eigenvalue weighted by atomic mass is 16.2. The lowest BCUT2D eigenvalue weighted by Gasteiger charge is -2.21. The van der Waals surface area contributed by atoms with Crippen molar-refractivity contribution in [3.8, 4) is 0 Å². The Morgan fingerprint density at radius 3 is 2.59 bits per heavy atom. The van der Waals surface area contributed by atoms with Gasteiger partial charge in [0.15, 0.2) is 0 Å². The number of rotatable bonds is 4. The Labute approximate surface area is 130 Å². The lowest BCUT2D eigenvalue weighted by molar-refractivity contribution is -0.122. The highest BCUT2D eigenvalue weighted by Gasteiger charge is 2.36. The molecule has 0 radical (unpaired) electrons. The average molecular weight is 302 g/mol. The molecular formula is C17H22N2O3. The Morgan fingerprint density at radius 2 is 2.05 bits per heavy atom. The van der Waals surface area contributed by atoms with Gasteiger partial charge in [-0.05, 0) is 24.1 Å². The molecule has 118 valence electrons. The Bertz CT molecular complexity index is 610. The van der Waals surface area contributed by atoms with E-state index < -0.39 is 0 Å². The third kappa shape index (κ3) is 3.18.